The lowest BCUT2D eigenvalue weighted by Crippen LogP contribution is -2.50. The monoisotopic (exact) mass is 553 g/mol. The zero-order valence-electron chi connectivity index (χ0n) is 21.1. The van der Waals surface area contributed by atoms with Crippen LogP contribution < -0.4 is 5.32 Å². The Balaban J connectivity index is 1.44. The molecular formula is C27H29Cl2N7O2. The highest BCUT2D eigenvalue weighted by molar-refractivity contribution is 6.47. The summed E-state index contributed by atoms with van der Waals surface area (Å²) in [6.45, 7) is 2.29. The van der Waals surface area contributed by atoms with Crippen LogP contribution in [-0.4, -0.2) is 48.7 Å². The largest absolute Gasteiger partial charge is 0.345 e. The van der Waals surface area contributed by atoms with Gasteiger partial charge >= 0.3 is 0 Å². The first-order chi connectivity index (χ1) is 18.4. The Kier molecular flexibility index (Phi) is 7.76. The fourth-order valence-electron chi connectivity index (χ4n) is 5.49. The maximum Gasteiger partial charge on any atom is 0.275 e. The molecular weight excluding hydrogens is 525 g/mol. The third-order valence-electron chi connectivity index (χ3n) is 7.21. The molecule has 1 spiro atoms. The zero-order chi connectivity index (χ0) is 26.7. The van der Waals surface area contributed by atoms with Crippen LogP contribution >= 0.6 is 23.2 Å². The summed E-state index contributed by atoms with van der Waals surface area (Å²) in [7, 11) is 0. The van der Waals surface area contributed by atoms with Gasteiger partial charge in [0.25, 0.3) is 11.8 Å². The number of aromatic amines is 1. The first-order valence-corrected chi connectivity index (χ1v) is 13.7. The summed E-state index contributed by atoms with van der Waals surface area (Å²) in [5.41, 5.74) is 1.94. The molecule has 1 saturated carbocycles. The van der Waals surface area contributed by atoms with E-state index in [1.165, 1.54) is 0 Å². The van der Waals surface area contributed by atoms with Gasteiger partial charge in [-0.15, -0.1) is 10.2 Å². The van der Waals surface area contributed by atoms with Crippen LogP contribution in [0.1, 0.15) is 85.2 Å². The van der Waals surface area contributed by atoms with E-state index in [-0.39, 0.29) is 24.4 Å². The van der Waals surface area contributed by atoms with Gasteiger partial charge < -0.3 is 10.2 Å². The minimum absolute atomic E-state index is 0.106. The zero-order valence-corrected chi connectivity index (χ0v) is 22.6. The first kappa shape index (κ1) is 26.3. The highest BCUT2D eigenvalue weighted by Crippen LogP contribution is 2.45. The number of rotatable bonds is 8. The molecule has 2 N–H and O–H groups in total. The van der Waals surface area contributed by atoms with Gasteiger partial charge in [-0.2, -0.15) is 5.21 Å². The Morgan fingerprint density at radius 2 is 1.82 bits per heavy atom. The molecule has 0 bridgehead atoms. The van der Waals surface area contributed by atoms with Gasteiger partial charge in [-0.3, -0.25) is 14.6 Å². The summed E-state index contributed by atoms with van der Waals surface area (Å²) in [6.07, 6.45) is 6.43. The number of hydrogen-bond donors (Lipinski definition) is 2. The fraction of sp³-hybridized carbons (Fsp3) is 0.407. The number of benzene rings is 2. The summed E-state index contributed by atoms with van der Waals surface area (Å²) in [5, 5.41) is 17.3. The maximum atomic E-state index is 14.1. The van der Waals surface area contributed by atoms with Crippen molar-refractivity contribution in [2.24, 2.45) is 4.99 Å². The molecule has 0 radical (unpaired) electrons. The van der Waals surface area contributed by atoms with Crippen LogP contribution in [0.5, 0.6) is 0 Å². The van der Waals surface area contributed by atoms with Crippen molar-refractivity contribution >= 4 is 40.7 Å². The molecule has 11 heteroatoms. The minimum atomic E-state index is -0.597. The lowest BCUT2D eigenvalue weighted by Gasteiger charge is -2.44. The lowest BCUT2D eigenvalue weighted by atomic mass is 9.86. The number of halogens is 2. The van der Waals surface area contributed by atoms with Crippen molar-refractivity contribution in [3.8, 4) is 0 Å². The van der Waals surface area contributed by atoms with E-state index in [9.17, 15) is 9.59 Å². The molecule has 1 aliphatic carbocycles. The van der Waals surface area contributed by atoms with E-state index >= 15 is 0 Å². The number of hydrogen-bond acceptors (Lipinski definition) is 6. The van der Waals surface area contributed by atoms with Gasteiger partial charge in [0.05, 0.1) is 12.6 Å². The van der Waals surface area contributed by atoms with E-state index in [2.05, 4.69) is 32.9 Å². The van der Waals surface area contributed by atoms with Gasteiger partial charge in [0, 0.05) is 21.2 Å². The Bertz CT molecular complexity index is 1320. The van der Waals surface area contributed by atoms with Gasteiger partial charge in [-0.25, -0.2) is 0 Å². The first-order valence-electron chi connectivity index (χ1n) is 12.9. The van der Waals surface area contributed by atoms with E-state index in [1.54, 1.807) is 30.3 Å². The quantitative estimate of drug-likeness (QED) is 0.394. The number of carbonyl (C=O) groups excluding carboxylic acids is 2. The summed E-state index contributed by atoms with van der Waals surface area (Å²) in [6, 6.07) is 12.4. The predicted octanol–water partition coefficient (Wildman–Crippen LogP) is 5.27. The van der Waals surface area contributed by atoms with Crippen LogP contribution in [0.15, 0.2) is 47.5 Å². The normalized spacial score (nSPS) is 17.5. The van der Waals surface area contributed by atoms with Crippen molar-refractivity contribution in [2.75, 3.05) is 0 Å². The van der Waals surface area contributed by atoms with Crippen molar-refractivity contribution in [3.05, 3.63) is 75.0 Å². The molecule has 1 atom stereocenters. The molecule has 2 heterocycles. The molecule has 1 aromatic heterocycles. The van der Waals surface area contributed by atoms with Crippen LogP contribution in [0, 0.1) is 0 Å². The van der Waals surface area contributed by atoms with Crippen LogP contribution in [0.3, 0.4) is 0 Å². The van der Waals surface area contributed by atoms with E-state index < -0.39 is 5.66 Å². The average molecular weight is 554 g/mol. The Morgan fingerprint density at radius 1 is 1.11 bits per heavy atom. The van der Waals surface area contributed by atoms with Gasteiger partial charge in [0.1, 0.15) is 11.4 Å². The predicted molar refractivity (Wildman–Crippen MR) is 145 cm³/mol. The van der Waals surface area contributed by atoms with E-state index in [0.29, 0.717) is 32.7 Å². The maximum absolute atomic E-state index is 14.1. The molecule has 1 aliphatic heterocycles. The van der Waals surface area contributed by atoms with Crippen LogP contribution in [0.25, 0.3) is 0 Å². The molecule has 0 unspecified atom stereocenters. The van der Waals surface area contributed by atoms with E-state index in [4.69, 9.17) is 28.2 Å². The Labute approximate surface area is 231 Å². The summed E-state index contributed by atoms with van der Waals surface area (Å²) < 4.78 is 0. The minimum Gasteiger partial charge on any atom is -0.345 e. The topological polar surface area (TPSA) is 116 Å². The third-order valence-corrected chi connectivity index (χ3v) is 7.64. The smallest absolute Gasteiger partial charge is 0.275 e. The molecule has 3 aromatic rings. The number of nitrogens with zero attached hydrogens (tertiary/aromatic N) is 5. The van der Waals surface area contributed by atoms with Gasteiger partial charge in [-0.1, -0.05) is 60.3 Å². The Morgan fingerprint density at radius 3 is 2.45 bits per heavy atom. The van der Waals surface area contributed by atoms with Gasteiger partial charge in [-0.05, 0) is 68.0 Å². The van der Waals surface area contributed by atoms with E-state index in [1.807, 2.05) is 17.0 Å². The molecule has 2 aromatic carbocycles. The van der Waals surface area contributed by atoms with Gasteiger partial charge in [0.15, 0.2) is 5.82 Å². The van der Waals surface area contributed by atoms with Crippen LogP contribution in [0.2, 0.25) is 10.0 Å². The van der Waals surface area contributed by atoms with Crippen molar-refractivity contribution in [2.45, 2.75) is 70.1 Å². The van der Waals surface area contributed by atoms with Gasteiger partial charge in [0.2, 0.25) is 0 Å². The number of aliphatic imine (C=N–C) groups is 1. The highest BCUT2D eigenvalue weighted by atomic mass is 35.5. The summed E-state index contributed by atoms with van der Waals surface area (Å²) >= 11 is 12.6. The molecule has 9 nitrogen and oxygen atoms in total. The standard InChI is InChI=1S/C27H29Cl2N7O2/c1-2-6-22(17-7-9-18(10-8-17)25(37)30-16-23-32-34-35-33-23)36-26(38)24(19-13-20(28)15-21(29)14-19)31-27(36)11-4-3-5-12-27/h7-10,13-15,22H,2-6,11-12,16H2,1H3,(H,30,37)(H,32,33,34,35)/t22-/m1/s1. The second-order valence-electron chi connectivity index (χ2n) is 9.77. The second-order valence-corrected chi connectivity index (χ2v) is 10.6. The number of aromatic nitrogens is 4. The molecule has 198 valence electrons. The molecule has 0 saturated heterocycles. The number of amides is 2. The number of carbonyl (C=O) groups is 2. The number of tetrazole rings is 1. The number of H-pyrrole nitrogens is 1. The average Bonchev–Trinajstić information content (AvgIpc) is 3.52. The molecule has 2 amide bonds. The van der Waals surface area contributed by atoms with Crippen molar-refractivity contribution in [1.82, 2.24) is 30.8 Å². The van der Waals surface area contributed by atoms with E-state index in [0.717, 1.165) is 50.5 Å². The third kappa shape index (κ3) is 5.31. The molecule has 1 fully saturated rings. The lowest BCUT2D eigenvalue weighted by molar-refractivity contribution is -0.132. The van der Waals surface area contributed by atoms with Crippen LogP contribution in [-0.2, 0) is 11.3 Å². The van der Waals surface area contributed by atoms with Crippen molar-refractivity contribution in [3.63, 3.8) is 0 Å². The summed E-state index contributed by atoms with van der Waals surface area (Å²) in [4.78, 5) is 33.8. The Hall–Kier alpha value is -3.30. The molecule has 2 aliphatic rings. The molecule has 5 rings (SSSR count). The van der Waals surface area contributed by atoms with Crippen molar-refractivity contribution < 1.29 is 9.59 Å². The molecule has 38 heavy (non-hydrogen) atoms. The summed E-state index contributed by atoms with van der Waals surface area (Å²) in [5.74, 6) is 0.0589. The number of nitrogens with one attached hydrogen (secondary N) is 2. The fourth-order valence-corrected chi connectivity index (χ4v) is 6.01. The highest BCUT2D eigenvalue weighted by Gasteiger charge is 2.50. The SMILES string of the molecule is CCC[C@H](c1ccc(C(=O)NCc2nn[nH]n2)cc1)N1C(=O)C(c2cc(Cl)cc(Cl)c2)=NC12CCCCC2. The van der Waals surface area contributed by atoms with Crippen molar-refractivity contribution in [1.29, 1.82) is 0 Å². The van der Waals surface area contributed by atoms with Crippen LogP contribution in [0.4, 0.5) is 0 Å². The second kappa shape index (κ2) is 11.2.